The number of furan rings is 1. The molecule has 0 radical (unpaired) electrons. The minimum atomic E-state index is -0.0569. The van der Waals surface area contributed by atoms with Crippen LogP contribution < -0.4 is 10.9 Å². The summed E-state index contributed by atoms with van der Waals surface area (Å²) in [5.41, 5.74) is 1.61. The standard InChI is InChI=1S/C13H16N4O2/c1-17-5-4-11-10(8-17)12(18)16-13(15-11)14-7-9-3-2-6-19-9/h2-3,6H,4-5,7-8H2,1H3,(H2,14,15,16,18). The number of fused-ring (bicyclic) bond motifs is 1. The maximum absolute atomic E-state index is 12.0. The SMILES string of the molecule is CN1CCc2nc(NCc3ccco3)[nH]c(=O)c2C1. The van der Waals surface area contributed by atoms with Gasteiger partial charge in [-0.1, -0.05) is 0 Å². The largest absolute Gasteiger partial charge is 0.467 e. The molecule has 19 heavy (non-hydrogen) atoms. The molecule has 100 valence electrons. The lowest BCUT2D eigenvalue weighted by molar-refractivity contribution is 0.307. The average molecular weight is 260 g/mol. The van der Waals surface area contributed by atoms with Crippen LogP contribution in [0, 0.1) is 0 Å². The zero-order chi connectivity index (χ0) is 13.2. The number of aromatic amines is 1. The van der Waals surface area contributed by atoms with Crippen LogP contribution in [0.15, 0.2) is 27.6 Å². The molecule has 0 saturated heterocycles. The van der Waals surface area contributed by atoms with Crippen LogP contribution in [0.3, 0.4) is 0 Å². The van der Waals surface area contributed by atoms with Gasteiger partial charge in [-0.3, -0.25) is 9.78 Å². The molecule has 0 atom stereocenters. The van der Waals surface area contributed by atoms with Gasteiger partial charge in [0.15, 0.2) is 0 Å². The lowest BCUT2D eigenvalue weighted by Crippen LogP contribution is -2.33. The Hall–Kier alpha value is -2.08. The molecule has 0 bridgehead atoms. The van der Waals surface area contributed by atoms with Crippen LogP contribution >= 0.6 is 0 Å². The van der Waals surface area contributed by atoms with Gasteiger partial charge in [0.1, 0.15) is 5.76 Å². The molecular formula is C13H16N4O2. The number of rotatable bonds is 3. The smallest absolute Gasteiger partial charge is 0.257 e. The fourth-order valence-electron chi connectivity index (χ4n) is 2.23. The first kappa shape index (κ1) is 12.0. The monoisotopic (exact) mass is 260 g/mol. The number of nitrogens with one attached hydrogen (secondary N) is 2. The van der Waals surface area contributed by atoms with E-state index >= 15 is 0 Å². The summed E-state index contributed by atoms with van der Waals surface area (Å²) in [5, 5.41) is 3.08. The minimum absolute atomic E-state index is 0.0569. The van der Waals surface area contributed by atoms with E-state index in [0.29, 0.717) is 19.0 Å². The van der Waals surface area contributed by atoms with Crippen molar-refractivity contribution in [2.24, 2.45) is 0 Å². The topological polar surface area (TPSA) is 74.2 Å². The molecule has 1 aliphatic heterocycles. The van der Waals surface area contributed by atoms with Crippen molar-refractivity contribution in [3.8, 4) is 0 Å². The number of anilines is 1. The number of nitrogens with zero attached hydrogens (tertiary/aromatic N) is 2. The van der Waals surface area contributed by atoms with E-state index < -0.39 is 0 Å². The molecule has 6 heteroatoms. The summed E-state index contributed by atoms with van der Waals surface area (Å²) < 4.78 is 5.22. The highest BCUT2D eigenvalue weighted by Crippen LogP contribution is 2.13. The third kappa shape index (κ3) is 2.53. The quantitative estimate of drug-likeness (QED) is 0.860. The van der Waals surface area contributed by atoms with Gasteiger partial charge in [-0.15, -0.1) is 0 Å². The van der Waals surface area contributed by atoms with Gasteiger partial charge < -0.3 is 14.6 Å². The first-order valence-corrected chi connectivity index (χ1v) is 6.29. The first-order valence-electron chi connectivity index (χ1n) is 6.29. The molecule has 0 unspecified atom stereocenters. The number of hydrogen-bond donors (Lipinski definition) is 2. The van der Waals surface area contributed by atoms with Crippen molar-refractivity contribution in [3.05, 3.63) is 45.8 Å². The zero-order valence-electron chi connectivity index (χ0n) is 10.8. The molecule has 0 fully saturated rings. The van der Waals surface area contributed by atoms with Crippen molar-refractivity contribution in [2.75, 3.05) is 18.9 Å². The Bertz CT molecular complexity index is 618. The molecule has 2 N–H and O–H groups in total. The molecule has 0 aromatic carbocycles. The molecule has 0 amide bonds. The zero-order valence-corrected chi connectivity index (χ0v) is 10.8. The predicted molar refractivity (Wildman–Crippen MR) is 70.9 cm³/mol. The molecule has 3 rings (SSSR count). The highest BCUT2D eigenvalue weighted by atomic mass is 16.3. The summed E-state index contributed by atoms with van der Waals surface area (Å²) in [7, 11) is 2.01. The van der Waals surface area contributed by atoms with E-state index in [4.69, 9.17) is 4.42 Å². The van der Waals surface area contributed by atoms with E-state index in [1.807, 2.05) is 19.2 Å². The van der Waals surface area contributed by atoms with Crippen LogP contribution in [-0.2, 0) is 19.5 Å². The Morgan fingerprint density at radius 2 is 2.47 bits per heavy atom. The van der Waals surface area contributed by atoms with E-state index in [1.165, 1.54) is 0 Å². The maximum Gasteiger partial charge on any atom is 0.257 e. The molecule has 2 aromatic heterocycles. The summed E-state index contributed by atoms with van der Waals surface area (Å²) in [5.74, 6) is 1.31. The normalized spacial score (nSPS) is 15.2. The van der Waals surface area contributed by atoms with Gasteiger partial charge in [0.2, 0.25) is 5.95 Å². The van der Waals surface area contributed by atoms with Gasteiger partial charge >= 0.3 is 0 Å². The summed E-state index contributed by atoms with van der Waals surface area (Å²) in [6, 6.07) is 3.70. The number of aromatic nitrogens is 2. The van der Waals surface area contributed by atoms with E-state index in [2.05, 4.69) is 20.2 Å². The second-order valence-electron chi connectivity index (χ2n) is 4.76. The molecule has 3 heterocycles. The average Bonchev–Trinajstić information content (AvgIpc) is 2.90. The molecule has 2 aromatic rings. The van der Waals surface area contributed by atoms with Gasteiger partial charge in [0, 0.05) is 19.5 Å². The van der Waals surface area contributed by atoms with Crippen molar-refractivity contribution in [1.29, 1.82) is 0 Å². The van der Waals surface area contributed by atoms with Crippen LogP contribution in [0.2, 0.25) is 0 Å². The van der Waals surface area contributed by atoms with Crippen molar-refractivity contribution >= 4 is 5.95 Å². The van der Waals surface area contributed by atoms with Crippen molar-refractivity contribution < 1.29 is 4.42 Å². The summed E-state index contributed by atoms with van der Waals surface area (Å²) >= 11 is 0. The Balaban J connectivity index is 1.80. The molecule has 0 aliphatic carbocycles. The van der Waals surface area contributed by atoms with Gasteiger partial charge in [0.25, 0.3) is 5.56 Å². The van der Waals surface area contributed by atoms with Crippen LogP contribution in [-0.4, -0.2) is 28.5 Å². The van der Waals surface area contributed by atoms with Gasteiger partial charge in [-0.25, -0.2) is 4.98 Å². The number of likely N-dealkylation sites (N-methyl/N-ethyl adjacent to an activating group) is 1. The predicted octanol–water partition coefficient (Wildman–Crippen LogP) is 0.963. The van der Waals surface area contributed by atoms with E-state index in [-0.39, 0.29) is 5.56 Å². The maximum atomic E-state index is 12.0. The Kier molecular flexibility index (Phi) is 3.08. The van der Waals surface area contributed by atoms with Crippen LogP contribution in [0.25, 0.3) is 0 Å². The number of H-pyrrole nitrogens is 1. The highest BCUT2D eigenvalue weighted by Gasteiger charge is 2.18. The third-order valence-electron chi connectivity index (χ3n) is 3.27. The summed E-state index contributed by atoms with van der Waals surface area (Å²) in [6.07, 6.45) is 2.43. The lowest BCUT2D eigenvalue weighted by Gasteiger charge is -2.23. The Labute approximate surface area is 110 Å². The minimum Gasteiger partial charge on any atom is -0.467 e. The van der Waals surface area contributed by atoms with Crippen LogP contribution in [0.4, 0.5) is 5.95 Å². The summed E-state index contributed by atoms with van der Waals surface area (Å²) in [4.78, 5) is 21.4. The fourth-order valence-corrected chi connectivity index (χ4v) is 2.23. The van der Waals surface area contributed by atoms with Gasteiger partial charge in [-0.2, -0.15) is 0 Å². The second kappa shape index (κ2) is 4.89. The Morgan fingerprint density at radius 3 is 3.26 bits per heavy atom. The van der Waals surface area contributed by atoms with E-state index in [9.17, 15) is 4.79 Å². The second-order valence-corrected chi connectivity index (χ2v) is 4.76. The molecular weight excluding hydrogens is 244 g/mol. The molecule has 0 spiro atoms. The summed E-state index contributed by atoms with van der Waals surface area (Å²) in [6.45, 7) is 2.10. The van der Waals surface area contributed by atoms with Crippen molar-refractivity contribution in [1.82, 2.24) is 14.9 Å². The van der Waals surface area contributed by atoms with E-state index in [1.54, 1.807) is 6.26 Å². The lowest BCUT2D eigenvalue weighted by atomic mass is 10.1. The van der Waals surface area contributed by atoms with Crippen molar-refractivity contribution in [2.45, 2.75) is 19.5 Å². The highest BCUT2D eigenvalue weighted by molar-refractivity contribution is 5.31. The van der Waals surface area contributed by atoms with Crippen molar-refractivity contribution in [3.63, 3.8) is 0 Å². The third-order valence-corrected chi connectivity index (χ3v) is 3.27. The number of hydrogen-bond acceptors (Lipinski definition) is 5. The molecule has 0 saturated carbocycles. The fraction of sp³-hybridized carbons (Fsp3) is 0.385. The van der Waals surface area contributed by atoms with Crippen LogP contribution in [0.5, 0.6) is 0 Å². The molecule has 6 nitrogen and oxygen atoms in total. The Morgan fingerprint density at radius 1 is 1.58 bits per heavy atom. The van der Waals surface area contributed by atoms with Gasteiger partial charge in [-0.05, 0) is 19.2 Å². The molecule has 1 aliphatic rings. The van der Waals surface area contributed by atoms with Crippen LogP contribution in [0.1, 0.15) is 17.0 Å². The first-order chi connectivity index (χ1) is 9.22. The van der Waals surface area contributed by atoms with E-state index in [0.717, 1.165) is 30.0 Å². The van der Waals surface area contributed by atoms with Gasteiger partial charge in [0.05, 0.1) is 24.1 Å².